The van der Waals surface area contributed by atoms with Crippen molar-refractivity contribution in [1.29, 1.82) is 0 Å². The molecule has 3 aromatic carbocycles. The van der Waals surface area contributed by atoms with Gasteiger partial charge in [0.15, 0.2) is 11.6 Å². The maximum absolute atomic E-state index is 13.9. The first kappa shape index (κ1) is 20.5. The zero-order chi connectivity index (χ0) is 22.0. The van der Waals surface area contributed by atoms with E-state index in [2.05, 4.69) is 5.32 Å². The summed E-state index contributed by atoms with van der Waals surface area (Å²) < 4.78 is 32.6. The van der Waals surface area contributed by atoms with Gasteiger partial charge in [-0.1, -0.05) is 60.7 Å². The summed E-state index contributed by atoms with van der Waals surface area (Å²) in [6.45, 7) is 0.0144. The summed E-state index contributed by atoms with van der Waals surface area (Å²) in [7, 11) is 0. The molecule has 0 fully saturated rings. The van der Waals surface area contributed by atoms with Gasteiger partial charge in [0.2, 0.25) is 0 Å². The van der Waals surface area contributed by atoms with Gasteiger partial charge in [-0.15, -0.1) is 0 Å². The monoisotopic (exact) mass is 423 g/mol. The third-order valence-electron chi connectivity index (χ3n) is 5.39. The Labute approximate surface area is 177 Å². The Morgan fingerprint density at radius 3 is 2.16 bits per heavy atom. The van der Waals surface area contributed by atoms with Gasteiger partial charge in [0.05, 0.1) is 0 Å². The Hall–Kier alpha value is -3.74. The number of carboxylic acids is 1. The van der Waals surface area contributed by atoms with Crippen LogP contribution in [-0.4, -0.2) is 29.8 Å². The van der Waals surface area contributed by atoms with E-state index in [1.165, 1.54) is 12.1 Å². The molecule has 0 aliphatic heterocycles. The van der Waals surface area contributed by atoms with Crippen LogP contribution in [0.4, 0.5) is 13.6 Å². The molecule has 4 rings (SSSR count). The van der Waals surface area contributed by atoms with Crippen molar-refractivity contribution in [1.82, 2.24) is 5.32 Å². The van der Waals surface area contributed by atoms with Crippen molar-refractivity contribution < 1.29 is 28.2 Å². The number of halogens is 2. The minimum atomic E-state index is -1.47. The van der Waals surface area contributed by atoms with E-state index in [0.717, 1.165) is 28.3 Å². The molecule has 1 unspecified atom stereocenters. The third kappa shape index (κ3) is 4.12. The third-order valence-corrected chi connectivity index (χ3v) is 5.39. The van der Waals surface area contributed by atoms with Crippen molar-refractivity contribution in [3.63, 3.8) is 0 Å². The summed E-state index contributed by atoms with van der Waals surface area (Å²) >= 11 is 0. The molecule has 5 nitrogen and oxygen atoms in total. The number of carbonyl (C=O) groups excluding carboxylic acids is 1. The molecule has 1 aliphatic carbocycles. The van der Waals surface area contributed by atoms with Crippen LogP contribution in [0, 0.1) is 11.6 Å². The van der Waals surface area contributed by atoms with Crippen LogP contribution >= 0.6 is 0 Å². The Morgan fingerprint density at radius 1 is 0.935 bits per heavy atom. The number of ether oxygens (including phenoxy) is 1. The van der Waals surface area contributed by atoms with Crippen molar-refractivity contribution in [3.05, 3.63) is 95.1 Å². The molecule has 7 heteroatoms. The van der Waals surface area contributed by atoms with Crippen LogP contribution in [-0.2, 0) is 16.0 Å². The zero-order valence-electron chi connectivity index (χ0n) is 16.3. The largest absolute Gasteiger partial charge is 0.480 e. The number of benzene rings is 3. The second-order valence-corrected chi connectivity index (χ2v) is 7.28. The molecule has 0 saturated carbocycles. The first-order valence-corrected chi connectivity index (χ1v) is 9.73. The van der Waals surface area contributed by atoms with E-state index in [-0.39, 0.29) is 18.1 Å². The number of fused-ring (bicyclic) bond motifs is 3. The quantitative estimate of drug-likeness (QED) is 0.612. The number of hydrogen-bond acceptors (Lipinski definition) is 3. The molecule has 1 amide bonds. The van der Waals surface area contributed by atoms with Crippen molar-refractivity contribution in [2.45, 2.75) is 18.4 Å². The number of carbonyl (C=O) groups is 2. The number of carboxylic acid groups (broad SMARTS) is 1. The second-order valence-electron chi connectivity index (χ2n) is 7.28. The molecular weight excluding hydrogens is 404 g/mol. The van der Waals surface area contributed by atoms with Gasteiger partial charge < -0.3 is 15.2 Å². The van der Waals surface area contributed by atoms with Gasteiger partial charge in [-0.3, -0.25) is 0 Å². The molecule has 0 radical (unpaired) electrons. The van der Waals surface area contributed by atoms with E-state index < -0.39 is 36.2 Å². The lowest BCUT2D eigenvalue weighted by molar-refractivity contribution is -0.139. The predicted molar refractivity (Wildman–Crippen MR) is 110 cm³/mol. The fourth-order valence-electron chi connectivity index (χ4n) is 3.91. The topological polar surface area (TPSA) is 75.6 Å². The molecule has 1 aliphatic rings. The highest BCUT2D eigenvalue weighted by Gasteiger charge is 2.30. The van der Waals surface area contributed by atoms with Crippen LogP contribution in [0.5, 0.6) is 0 Å². The molecule has 0 heterocycles. The molecule has 3 aromatic rings. The highest BCUT2D eigenvalue weighted by molar-refractivity contribution is 5.81. The number of hydrogen-bond donors (Lipinski definition) is 2. The summed E-state index contributed by atoms with van der Waals surface area (Å²) in [5, 5.41) is 11.6. The molecule has 0 bridgehead atoms. The van der Waals surface area contributed by atoms with Crippen LogP contribution in [0.25, 0.3) is 11.1 Å². The van der Waals surface area contributed by atoms with Gasteiger partial charge >= 0.3 is 12.1 Å². The molecule has 2 N–H and O–H groups in total. The minimum Gasteiger partial charge on any atom is -0.480 e. The number of aliphatic carboxylic acids is 1. The maximum Gasteiger partial charge on any atom is 0.407 e. The molecule has 1 atom stereocenters. The summed E-state index contributed by atoms with van der Waals surface area (Å²) in [5.74, 6) is -3.77. The Bertz CT molecular complexity index is 1100. The smallest absolute Gasteiger partial charge is 0.407 e. The Morgan fingerprint density at radius 2 is 1.55 bits per heavy atom. The lowest BCUT2D eigenvalue weighted by Crippen LogP contribution is -2.43. The van der Waals surface area contributed by atoms with Gasteiger partial charge in [-0.2, -0.15) is 0 Å². The van der Waals surface area contributed by atoms with Gasteiger partial charge in [-0.05, 0) is 33.9 Å². The summed E-state index contributed by atoms with van der Waals surface area (Å²) in [4.78, 5) is 23.9. The SMILES string of the molecule is O=C(NC(Cc1cccc(F)c1F)C(=O)O)OCC1c2ccccc2-c2ccccc21. The van der Waals surface area contributed by atoms with Crippen molar-refractivity contribution in [3.8, 4) is 11.1 Å². The van der Waals surface area contributed by atoms with E-state index in [1.807, 2.05) is 48.5 Å². The molecule has 0 saturated heterocycles. The predicted octanol–water partition coefficient (Wildman–Crippen LogP) is 4.50. The fraction of sp³-hybridized carbons (Fsp3) is 0.167. The van der Waals surface area contributed by atoms with E-state index in [9.17, 15) is 23.5 Å². The zero-order valence-corrected chi connectivity index (χ0v) is 16.3. The number of rotatable bonds is 6. The lowest BCUT2D eigenvalue weighted by Gasteiger charge is -2.18. The average Bonchev–Trinajstić information content (AvgIpc) is 3.08. The Balaban J connectivity index is 1.45. The molecule has 0 aromatic heterocycles. The standard InChI is InChI=1S/C24H19F2NO4/c25-20-11-5-6-14(22(20)26)12-21(23(28)29)27-24(30)31-13-19-17-9-3-1-7-15(17)16-8-2-4-10-18(16)19/h1-11,19,21H,12-13H2,(H,27,30)(H,28,29). The number of alkyl carbamates (subject to hydrolysis) is 1. The van der Waals surface area contributed by atoms with Crippen LogP contribution in [0.15, 0.2) is 66.7 Å². The number of nitrogens with one attached hydrogen (secondary N) is 1. The summed E-state index contributed by atoms with van der Waals surface area (Å²) in [5.41, 5.74) is 4.03. The first-order valence-electron chi connectivity index (χ1n) is 9.73. The van der Waals surface area contributed by atoms with Crippen molar-refractivity contribution in [2.75, 3.05) is 6.61 Å². The van der Waals surface area contributed by atoms with Crippen LogP contribution in [0.3, 0.4) is 0 Å². The van der Waals surface area contributed by atoms with E-state index in [1.54, 1.807) is 0 Å². The number of amides is 1. The van der Waals surface area contributed by atoms with E-state index in [4.69, 9.17) is 4.74 Å². The Kier molecular flexibility index (Phi) is 5.66. The van der Waals surface area contributed by atoms with Gasteiger partial charge in [0, 0.05) is 12.3 Å². The fourth-order valence-corrected chi connectivity index (χ4v) is 3.91. The van der Waals surface area contributed by atoms with Crippen molar-refractivity contribution in [2.24, 2.45) is 0 Å². The highest BCUT2D eigenvalue weighted by Crippen LogP contribution is 2.44. The van der Waals surface area contributed by atoms with Gasteiger partial charge in [0.25, 0.3) is 0 Å². The first-order chi connectivity index (χ1) is 15.0. The van der Waals surface area contributed by atoms with Crippen molar-refractivity contribution >= 4 is 12.1 Å². The second kappa shape index (κ2) is 8.55. The maximum atomic E-state index is 13.9. The van der Waals surface area contributed by atoms with Crippen LogP contribution in [0.1, 0.15) is 22.6 Å². The lowest BCUT2D eigenvalue weighted by atomic mass is 9.98. The summed E-state index contributed by atoms with van der Waals surface area (Å²) in [6.07, 6.45) is -1.35. The molecule has 31 heavy (non-hydrogen) atoms. The van der Waals surface area contributed by atoms with Gasteiger partial charge in [0.1, 0.15) is 12.6 Å². The van der Waals surface area contributed by atoms with E-state index in [0.29, 0.717) is 0 Å². The van der Waals surface area contributed by atoms with Crippen LogP contribution in [0.2, 0.25) is 0 Å². The van der Waals surface area contributed by atoms with Crippen LogP contribution < -0.4 is 5.32 Å². The highest BCUT2D eigenvalue weighted by atomic mass is 19.2. The normalized spacial score (nSPS) is 13.2. The average molecular weight is 423 g/mol. The summed E-state index contributed by atoms with van der Waals surface area (Å²) in [6, 6.07) is 17.7. The molecule has 0 spiro atoms. The molecular formula is C24H19F2NO4. The van der Waals surface area contributed by atoms with Gasteiger partial charge in [-0.25, -0.2) is 18.4 Å². The minimum absolute atomic E-state index is 0.0144. The van der Waals surface area contributed by atoms with E-state index >= 15 is 0 Å². The molecule has 158 valence electrons.